The van der Waals surface area contributed by atoms with Gasteiger partial charge < -0.3 is 19.1 Å². The van der Waals surface area contributed by atoms with Gasteiger partial charge in [-0.15, -0.1) is 0 Å². The molecule has 1 amide bonds. The van der Waals surface area contributed by atoms with Crippen LogP contribution in [-0.4, -0.2) is 52.6 Å². The lowest BCUT2D eigenvalue weighted by Crippen LogP contribution is -2.60. The van der Waals surface area contributed by atoms with E-state index in [1.807, 2.05) is 33.9 Å². The number of rotatable bonds is 5. The summed E-state index contributed by atoms with van der Waals surface area (Å²) in [6.45, 7) is 8.61. The molecule has 6 nitrogen and oxygen atoms in total. The standard InChI is InChI=1S/C20H28N4O2/c1-16(23-10-9-21-15-23)13-19(25)22-11-12-24(20(2,3)14-22)17-7-5-6-8-18(17)26-4/h5-10,15-16H,11-14H2,1-4H3/t16-/m1/s1. The van der Waals surface area contributed by atoms with Crippen molar-refractivity contribution in [2.24, 2.45) is 0 Å². The summed E-state index contributed by atoms with van der Waals surface area (Å²) in [5, 5.41) is 0. The summed E-state index contributed by atoms with van der Waals surface area (Å²) in [6.07, 6.45) is 5.90. The predicted molar refractivity (Wildman–Crippen MR) is 103 cm³/mol. The minimum atomic E-state index is -0.166. The average Bonchev–Trinajstić information content (AvgIpc) is 3.15. The second-order valence-electron chi connectivity index (χ2n) is 7.51. The highest BCUT2D eigenvalue weighted by atomic mass is 16.5. The van der Waals surface area contributed by atoms with Crippen LogP contribution in [0.15, 0.2) is 43.0 Å². The second kappa shape index (κ2) is 7.40. The van der Waals surface area contributed by atoms with E-state index in [-0.39, 0.29) is 17.5 Å². The van der Waals surface area contributed by atoms with Gasteiger partial charge in [0.05, 0.1) is 24.7 Å². The molecule has 0 bridgehead atoms. The molecule has 26 heavy (non-hydrogen) atoms. The Balaban J connectivity index is 1.69. The molecule has 1 fully saturated rings. The Kier molecular flexibility index (Phi) is 5.20. The van der Waals surface area contributed by atoms with Crippen molar-refractivity contribution in [3.05, 3.63) is 43.0 Å². The zero-order valence-electron chi connectivity index (χ0n) is 16.1. The average molecular weight is 356 g/mol. The van der Waals surface area contributed by atoms with Crippen LogP contribution in [0, 0.1) is 0 Å². The van der Waals surface area contributed by atoms with Crippen LogP contribution < -0.4 is 9.64 Å². The Bertz CT molecular complexity index is 742. The minimum absolute atomic E-state index is 0.111. The maximum absolute atomic E-state index is 12.8. The molecule has 1 aromatic heterocycles. The molecule has 0 N–H and O–H groups in total. The van der Waals surface area contributed by atoms with Crippen LogP contribution in [0.25, 0.3) is 0 Å². The molecule has 0 aliphatic carbocycles. The normalized spacial score (nSPS) is 17.8. The fraction of sp³-hybridized carbons (Fsp3) is 0.500. The van der Waals surface area contributed by atoms with E-state index in [9.17, 15) is 4.79 Å². The molecular weight excluding hydrogens is 328 g/mol. The Hall–Kier alpha value is -2.50. The molecule has 3 rings (SSSR count). The van der Waals surface area contributed by atoms with Gasteiger partial charge in [0.25, 0.3) is 0 Å². The van der Waals surface area contributed by atoms with Gasteiger partial charge in [-0.1, -0.05) is 12.1 Å². The van der Waals surface area contributed by atoms with Crippen molar-refractivity contribution in [3.63, 3.8) is 0 Å². The number of piperazine rings is 1. The van der Waals surface area contributed by atoms with E-state index in [0.29, 0.717) is 13.0 Å². The predicted octanol–water partition coefficient (Wildman–Crippen LogP) is 2.97. The van der Waals surface area contributed by atoms with Crippen LogP contribution in [-0.2, 0) is 4.79 Å². The number of nitrogens with zero attached hydrogens (tertiary/aromatic N) is 4. The van der Waals surface area contributed by atoms with Gasteiger partial charge in [-0.05, 0) is 32.9 Å². The number of anilines is 1. The first-order chi connectivity index (χ1) is 12.4. The third-order valence-electron chi connectivity index (χ3n) is 5.13. The van der Waals surface area contributed by atoms with E-state index < -0.39 is 0 Å². The third kappa shape index (κ3) is 3.69. The van der Waals surface area contributed by atoms with E-state index in [1.165, 1.54) is 0 Å². The number of aromatic nitrogens is 2. The zero-order valence-corrected chi connectivity index (χ0v) is 16.1. The van der Waals surface area contributed by atoms with E-state index >= 15 is 0 Å². The van der Waals surface area contributed by atoms with Gasteiger partial charge in [-0.3, -0.25) is 4.79 Å². The van der Waals surface area contributed by atoms with Crippen molar-refractivity contribution >= 4 is 11.6 Å². The first-order valence-corrected chi connectivity index (χ1v) is 9.08. The Morgan fingerprint density at radius 3 is 2.73 bits per heavy atom. The molecule has 0 spiro atoms. The van der Waals surface area contributed by atoms with Crippen molar-refractivity contribution in [2.45, 2.75) is 38.8 Å². The Morgan fingerprint density at radius 1 is 1.31 bits per heavy atom. The van der Waals surface area contributed by atoms with Crippen LogP contribution in [0.2, 0.25) is 0 Å². The highest BCUT2D eigenvalue weighted by molar-refractivity contribution is 5.77. The van der Waals surface area contributed by atoms with Crippen molar-refractivity contribution in [1.29, 1.82) is 0 Å². The molecule has 0 radical (unpaired) electrons. The fourth-order valence-corrected chi connectivity index (χ4v) is 3.68. The van der Waals surface area contributed by atoms with Crippen LogP contribution >= 0.6 is 0 Å². The number of imidazole rings is 1. The van der Waals surface area contributed by atoms with Crippen molar-refractivity contribution in [3.8, 4) is 5.75 Å². The molecule has 1 aliphatic heterocycles. The molecule has 2 aromatic rings. The van der Waals surface area contributed by atoms with Crippen LogP contribution in [0.1, 0.15) is 33.2 Å². The molecule has 6 heteroatoms. The lowest BCUT2D eigenvalue weighted by atomic mass is 9.97. The van der Waals surface area contributed by atoms with Gasteiger partial charge in [0.1, 0.15) is 5.75 Å². The number of ether oxygens (including phenoxy) is 1. The summed E-state index contributed by atoms with van der Waals surface area (Å²) < 4.78 is 7.51. The third-order valence-corrected chi connectivity index (χ3v) is 5.13. The lowest BCUT2D eigenvalue weighted by molar-refractivity contribution is -0.133. The maximum atomic E-state index is 12.8. The molecule has 2 heterocycles. The molecule has 1 saturated heterocycles. The van der Waals surface area contributed by atoms with Crippen molar-refractivity contribution < 1.29 is 9.53 Å². The second-order valence-corrected chi connectivity index (χ2v) is 7.51. The van der Waals surface area contributed by atoms with Gasteiger partial charge in [-0.2, -0.15) is 0 Å². The Morgan fingerprint density at radius 2 is 2.08 bits per heavy atom. The van der Waals surface area contributed by atoms with E-state index in [0.717, 1.165) is 24.5 Å². The molecule has 140 valence electrons. The maximum Gasteiger partial charge on any atom is 0.224 e. The summed E-state index contributed by atoms with van der Waals surface area (Å²) >= 11 is 0. The smallest absolute Gasteiger partial charge is 0.224 e. The van der Waals surface area contributed by atoms with Crippen molar-refractivity contribution in [2.75, 3.05) is 31.6 Å². The monoisotopic (exact) mass is 356 g/mol. The molecular formula is C20H28N4O2. The van der Waals surface area contributed by atoms with E-state index in [2.05, 4.69) is 36.7 Å². The number of amides is 1. The number of hydrogen-bond donors (Lipinski definition) is 0. The number of methoxy groups -OCH3 is 1. The van der Waals surface area contributed by atoms with Gasteiger partial charge in [0.15, 0.2) is 0 Å². The fourth-order valence-electron chi connectivity index (χ4n) is 3.68. The number of carbonyl (C=O) groups excluding carboxylic acids is 1. The van der Waals surface area contributed by atoms with Gasteiger partial charge >= 0.3 is 0 Å². The molecule has 1 atom stereocenters. The summed E-state index contributed by atoms with van der Waals surface area (Å²) in [4.78, 5) is 21.2. The molecule has 0 unspecified atom stereocenters. The number of hydrogen-bond acceptors (Lipinski definition) is 4. The summed E-state index contributed by atoms with van der Waals surface area (Å²) in [6, 6.07) is 8.18. The molecule has 0 saturated carbocycles. The highest BCUT2D eigenvalue weighted by Crippen LogP contribution is 2.35. The van der Waals surface area contributed by atoms with Crippen LogP contribution in [0.4, 0.5) is 5.69 Å². The largest absolute Gasteiger partial charge is 0.495 e. The Labute approximate surface area is 155 Å². The summed E-state index contributed by atoms with van der Waals surface area (Å²) in [5.41, 5.74) is 0.916. The highest BCUT2D eigenvalue weighted by Gasteiger charge is 2.36. The first-order valence-electron chi connectivity index (χ1n) is 9.08. The quantitative estimate of drug-likeness (QED) is 0.826. The SMILES string of the molecule is COc1ccccc1N1CCN(C(=O)C[C@@H](C)n2ccnc2)CC1(C)C. The minimum Gasteiger partial charge on any atom is -0.495 e. The number of carbonyl (C=O) groups is 1. The lowest BCUT2D eigenvalue weighted by Gasteiger charge is -2.48. The van der Waals surface area contributed by atoms with E-state index in [1.54, 1.807) is 19.6 Å². The van der Waals surface area contributed by atoms with Gasteiger partial charge in [0, 0.05) is 44.5 Å². The number of benzene rings is 1. The zero-order chi connectivity index (χ0) is 18.7. The van der Waals surface area contributed by atoms with Gasteiger partial charge in [0.2, 0.25) is 5.91 Å². The molecule has 1 aliphatic rings. The topological polar surface area (TPSA) is 50.6 Å². The summed E-state index contributed by atoms with van der Waals surface area (Å²) in [7, 11) is 1.70. The van der Waals surface area contributed by atoms with Gasteiger partial charge in [-0.25, -0.2) is 4.98 Å². The number of para-hydroxylation sites is 2. The summed E-state index contributed by atoms with van der Waals surface area (Å²) in [5.74, 6) is 1.06. The van der Waals surface area contributed by atoms with Crippen LogP contribution in [0.3, 0.4) is 0 Å². The van der Waals surface area contributed by atoms with Crippen LogP contribution in [0.5, 0.6) is 5.75 Å². The van der Waals surface area contributed by atoms with E-state index in [4.69, 9.17) is 4.74 Å². The van der Waals surface area contributed by atoms with Crippen molar-refractivity contribution in [1.82, 2.24) is 14.5 Å². The molecule has 1 aromatic carbocycles. The first kappa shape index (κ1) is 18.3.